The van der Waals surface area contributed by atoms with Gasteiger partial charge < -0.3 is 4.57 Å². The maximum atomic E-state index is 2.46. The number of hydrogen-bond donors (Lipinski definition) is 0. The average Bonchev–Trinajstić information content (AvgIpc) is 3.68. The normalized spacial score (nSPS) is 11.6. The van der Waals surface area contributed by atoms with Crippen LogP contribution in [-0.2, 0) is 0 Å². The standard InChI is InChI=1S/C60H39N/c1-4-18-40(19-5-1)44-22-16-23-45(38-44)47-31-17-32-53-59(47)54(39-55-48-26-14-15-33-56(48)61(60(53)55)46-24-8-3-9-25-46)41-34-36-43(37-35-41)58-51-29-12-10-27-49(51)57(42-20-6-2-7-21-42)50-28-11-13-30-52(50)58/h1-39H. The van der Waals surface area contributed by atoms with Gasteiger partial charge in [-0.05, 0) is 113 Å². The molecule has 11 aromatic carbocycles. The summed E-state index contributed by atoms with van der Waals surface area (Å²) >= 11 is 0. The lowest BCUT2D eigenvalue weighted by Crippen LogP contribution is -1.95. The smallest absolute Gasteiger partial charge is 0.0620 e. The van der Waals surface area contributed by atoms with Crippen molar-refractivity contribution >= 4 is 54.1 Å². The zero-order valence-electron chi connectivity index (χ0n) is 33.5. The Morgan fingerprint density at radius 3 is 1.34 bits per heavy atom. The molecular weight excluding hydrogens is 735 g/mol. The van der Waals surface area contributed by atoms with Gasteiger partial charge in [-0.1, -0.05) is 206 Å². The molecule has 0 saturated carbocycles. The third-order valence-electron chi connectivity index (χ3n) is 12.6. The molecule has 0 amide bonds. The topological polar surface area (TPSA) is 4.93 Å². The molecule has 0 aliphatic heterocycles. The molecule has 61 heavy (non-hydrogen) atoms. The van der Waals surface area contributed by atoms with Crippen LogP contribution >= 0.6 is 0 Å². The molecule has 0 radical (unpaired) electrons. The molecule has 0 unspecified atom stereocenters. The van der Waals surface area contributed by atoms with Crippen LogP contribution in [0.2, 0.25) is 0 Å². The maximum absolute atomic E-state index is 2.46. The van der Waals surface area contributed by atoms with Gasteiger partial charge in [0.05, 0.1) is 11.0 Å². The van der Waals surface area contributed by atoms with Crippen LogP contribution in [0.25, 0.3) is 115 Å². The van der Waals surface area contributed by atoms with E-state index in [0.717, 1.165) is 5.69 Å². The lowest BCUT2D eigenvalue weighted by molar-refractivity contribution is 1.19. The van der Waals surface area contributed by atoms with Crippen LogP contribution in [0.3, 0.4) is 0 Å². The van der Waals surface area contributed by atoms with E-state index < -0.39 is 0 Å². The second kappa shape index (κ2) is 14.4. The van der Waals surface area contributed by atoms with Gasteiger partial charge in [-0.2, -0.15) is 0 Å². The minimum absolute atomic E-state index is 1.15. The van der Waals surface area contributed by atoms with Gasteiger partial charge in [0, 0.05) is 21.8 Å². The van der Waals surface area contributed by atoms with Gasteiger partial charge >= 0.3 is 0 Å². The Labute approximate surface area is 355 Å². The highest BCUT2D eigenvalue weighted by Crippen LogP contribution is 2.47. The lowest BCUT2D eigenvalue weighted by Gasteiger charge is -2.19. The SMILES string of the molecule is c1ccc(-c2cccc(-c3cccc4c3c(-c3ccc(-c5c6ccccc6c(-c6ccccc6)c6ccccc56)cc3)cc3c5ccccc5n(-c5ccccc5)c43)c2)cc1. The van der Waals surface area contributed by atoms with Gasteiger partial charge in [0.2, 0.25) is 0 Å². The predicted molar refractivity (Wildman–Crippen MR) is 260 cm³/mol. The minimum atomic E-state index is 1.15. The Morgan fingerprint density at radius 1 is 0.246 bits per heavy atom. The van der Waals surface area contributed by atoms with Gasteiger partial charge in [0.15, 0.2) is 0 Å². The van der Waals surface area contributed by atoms with E-state index in [1.54, 1.807) is 0 Å². The fourth-order valence-electron chi connectivity index (χ4n) is 9.91. The Balaban J connectivity index is 1.13. The van der Waals surface area contributed by atoms with Crippen LogP contribution in [0.15, 0.2) is 237 Å². The van der Waals surface area contributed by atoms with Crippen LogP contribution in [0, 0.1) is 0 Å². The monoisotopic (exact) mass is 773 g/mol. The van der Waals surface area contributed by atoms with Gasteiger partial charge in [-0.25, -0.2) is 0 Å². The first-order valence-corrected chi connectivity index (χ1v) is 21.1. The maximum Gasteiger partial charge on any atom is 0.0620 e. The minimum Gasteiger partial charge on any atom is -0.309 e. The fourth-order valence-corrected chi connectivity index (χ4v) is 9.91. The summed E-state index contributed by atoms with van der Waals surface area (Å²) in [4.78, 5) is 0. The van der Waals surface area contributed by atoms with Crippen molar-refractivity contribution in [2.45, 2.75) is 0 Å². The molecule has 0 saturated heterocycles. The molecule has 1 heterocycles. The van der Waals surface area contributed by atoms with Crippen molar-refractivity contribution in [2.24, 2.45) is 0 Å². The van der Waals surface area contributed by atoms with Gasteiger partial charge in [0.25, 0.3) is 0 Å². The Bertz CT molecular complexity index is 3540. The largest absolute Gasteiger partial charge is 0.309 e. The zero-order valence-corrected chi connectivity index (χ0v) is 33.5. The predicted octanol–water partition coefficient (Wildman–Crippen LogP) is 16.6. The van der Waals surface area contributed by atoms with Crippen molar-refractivity contribution in [1.82, 2.24) is 4.57 Å². The number of hydrogen-bond acceptors (Lipinski definition) is 0. The first-order valence-electron chi connectivity index (χ1n) is 21.1. The molecule has 12 rings (SSSR count). The van der Waals surface area contributed by atoms with Crippen LogP contribution < -0.4 is 0 Å². The molecule has 0 atom stereocenters. The first-order chi connectivity index (χ1) is 30.3. The summed E-state index contributed by atoms with van der Waals surface area (Å²) in [5, 5.41) is 10.0. The lowest BCUT2D eigenvalue weighted by atomic mass is 9.85. The summed E-state index contributed by atoms with van der Waals surface area (Å²) in [6.45, 7) is 0. The number of aromatic nitrogens is 1. The molecule has 1 nitrogen and oxygen atoms in total. The van der Waals surface area contributed by atoms with Crippen molar-refractivity contribution in [3.8, 4) is 61.3 Å². The average molecular weight is 774 g/mol. The van der Waals surface area contributed by atoms with E-state index in [-0.39, 0.29) is 0 Å². The molecule has 0 aliphatic carbocycles. The molecule has 0 fully saturated rings. The summed E-state index contributed by atoms with van der Waals surface area (Å²) in [7, 11) is 0. The second-order valence-corrected chi connectivity index (χ2v) is 16.0. The van der Waals surface area contributed by atoms with E-state index in [1.807, 2.05) is 0 Å². The highest BCUT2D eigenvalue weighted by atomic mass is 15.0. The van der Waals surface area contributed by atoms with Gasteiger partial charge in [-0.15, -0.1) is 0 Å². The first kappa shape index (κ1) is 35.0. The molecule has 0 spiro atoms. The molecule has 1 heteroatoms. The quantitative estimate of drug-likeness (QED) is 0.148. The van der Waals surface area contributed by atoms with Gasteiger partial charge in [0.1, 0.15) is 0 Å². The highest BCUT2D eigenvalue weighted by molar-refractivity contribution is 6.25. The number of fused-ring (bicyclic) bond motifs is 7. The number of rotatable bonds is 6. The van der Waals surface area contributed by atoms with Gasteiger partial charge in [-0.3, -0.25) is 0 Å². The molecule has 0 N–H and O–H groups in total. The summed E-state index contributed by atoms with van der Waals surface area (Å²) in [5.41, 5.74) is 15.8. The fraction of sp³-hybridized carbons (Fsp3) is 0. The van der Waals surface area contributed by atoms with E-state index in [2.05, 4.69) is 241 Å². The van der Waals surface area contributed by atoms with Crippen molar-refractivity contribution in [2.75, 3.05) is 0 Å². The van der Waals surface area contributed by atoms with Crippen LogP contribution in [-0.4, -0.2) is 4.57 Å². The molecule has 12 aromatic rings. The summed E-state index contributed by atoms with van der Waals surface area (Å²) in [5.74, 6) is 0. The Morgan fingerprint density at radius 2 is 0.705 bits per heavy atom. The highest BCUT2D eigenvalue weighted by Gasteiger charge is 2.21. The van der Waals surface area contributed by atoms with E-state index >= 15 is 0 Å². The number of para-hydroxylation sites is 2. The van der Waals surface area contributed by atoms with E-state index in [9.17, 15) is 0 Å². The Kier molecular flexibility index (Phi) is 8.25. The van der Waals surface area contributed by atoms with Crippen LogP contribution in [0.1, 0.15) is 0 Å². The third-order valence-corrected chi connectivity index (χ3v) is 12.6. The Hall–Kier alpha value is -8.00. The third kappa shape index (κ3) is 5.70. The molecule has 0 aliphatic rings. The van der Waals surface area contributed by atoms with Crippen molar-refractivity contribution in [3.63, 3.8) is 0 Å². The summed E-state index contributed by atoms with van der Waals surface area (Å²) in [6, 6.07) is 86.7. The number of nitrogens with zero attached hydrogens (tertiary/aromatic N) is 1. The van der Waals surface area contributed by atoms with Crippen molar-refractivity contribution in [1.29, 1.82) is 0 Å². The second-order valence-electron chi connectivity index (χ2n) is 16.0. The zero-order chi connectivity index (χ0) is 40.3. The van der Waals surface area contributed by atoms with Crippen molar-refractivity contribution < 1.29 is 0 Å². The number of benzene rings is 11. The van der Waals surface area contributed by atoms with Crippen LogP contribution in [0.5, 0.6) is 0 Å². The van der Waals surface area contributed by atoms with E-state index in [4.69, 9.17) is 0 Å². The molecule has 284 valence electrons. The molecular formula is C60H39N. The summed E-state index contributed by atoms with van der Waals surface area (Å²) in [6.07, 6.45) is 0. The van der Waals surface area contributed by atoms with E-state index in [0.29, 0.717) is 0 Å². The van der Waals surface area contributed by atoms with Crippen LogP contribution in [0.4, 0.5) is 0 Å². The van der Waals surface area contributed by atoms with E-state index in [1.165, 1.54) is 110 Å². The summed E-state index contributed by atoms with van der Waals surface area (Å²) < 4.78 is 2.46. The molecule has 1 aromatic heterocycles. The van der Waals surface area contributed by atoms with Crippen molar-refractivity contribution in [3.05, 3.63) is 237 Å². The molecule has 0 bridgehead atoms.